The fourth-order valence-corrected chi connectivity index (χ4v) is 3.24. The molecule has 1 aliphatic heterocycles. The van der Waals surface area contributed by atoms with Gasteiger partial charge in [0, 0.05) is 18.4 Å². The standard InChI is InChI=1S/C18H15NO2/c20-17-14-8-4-7-13-9-10-19(16(13)14)18(21)15(17)11-12-5-2-1-3-6-12/h1-8,20H,9-11H2. The summed E-state index contributed by atoms with van der Waals surface area (Å²) in [7, 11) is 0. The largest absolute Gasteiger partial charge is 0.507 e. The zero-order chi connectivity index (χ0) is 14.4. The van der Waals surface area contributed by atoms with Gasteiger partial charge in [0.15, 0.2) is 0 Å². The summed E-state index contributed by atoms with van der Waals surface area (Å²) in [4.78, 5) is 12.7. The van der Waals surface area contributed by atoms with Crippen LogP contribution in [0.2, 0.25) is 0 Å². The van der Waals surface area contributed by atoms with Crippen molar-refractivity contribution in [2.24, 2.45) is 0 Å². The highest BCUT2D eigenvalue weighted by Gasteiger charge is 2.21. The number of nitrogens with zero attached hydrogens (tertiary/aromatic N) is 1. The van der Waals surface area contributed by atoms with Crippen LogP contribution in [-0.4, -0.2) is 9.67 Å². The van der Waals surface area contributed by atoms with Crippen molar-refractivity contribution in [2.45, 2.75) is 19.4 Å². The van der Waals surface area contributed by atoms with E-state index in [1.807, 2.05) is 53.1 Å². The number of pyridine rings is 1. The van der Waals surface area contributed by atoms with Gasteiger partial charge in [-0.15, -0.1) is 0 Å². The van der Waals surface area contributed by atoms with Gasteiger partial charge in [-0.3, -0.25) is 4.79 Å². The van der Waals surface area contributed by atoms with E-state index in [0.717, 1.165) is 28.5 Å². The third kappa shape index (κ3) is 1.77. The first kappa shape index (κ1) is 12.2. The lowest BCUT2D eigenvalue weighted by atomic mass is 10.0. The summed E-state index contributed by atoms with van der Waals surface area (Å²) >= 11 is 0. The Morgan fingerprint density at radius 2 is 1.86 bits per heavy atom. The minimum atomic E-state index is -0.0613. The molecule has 0 saturated heterocycles. The summed E-state index contributed by atoms with van der Waals surface area (Å²) in [5.41, 5.74) is 3.51. The Kier molecular flexibility index (Phi) is 2.61. The molecule has 0 aliphatic carbocycles. The van der Waals surface area contributed by atoms with Crippen LogP contribution in [0.4, 0.5) is 0 Å². The van der Waals surface area contributed by atoms with Crippen LogP contribution in [-0.2, 0) is 19.4 Å². The maximum absolute atomic E-state index is 12.7. The van der Waals surface area contributed by atoms with E-state index in [-0.39, 0.29) is 11.3 Å². The number of benzene rings is 2. The van der Waals surface area contributed by atoms with Crippen LogP contribution in [0.1, 0.15) is 16.7 Å². The molecule has 0 atom stereocenters. The molecule has 0 amide bonds. The van der Waals surface area contributed by atoms with Gasteiger partial charge in [0.1, 0.15) is 5.75 Å². The van der Waals surface area contributed by atoms with Gasteiger partial charge < -0.3 is 9.67 Å². The topological polar surface area (TPSA) is 42.2 Å². The normalized spacial score (nSPS) is 13.0. The second-order valence-corrected chi connectivity index (χ2v) is 5.51. The average molecular weight is 277 g/mol. The van der Waals surface area contributed by atoms with Gasteiger partial charge in [0.2, 0.25) is 0 Å². The number of rotatable bonds is 2. The van der Waals surface area contributed by atoms with E-state index in [2.05, 4.69) is 0 Å². The van der Waals surface area contributed by atoms with Crippen molar-refractivity contribution in [3.8, 4) is 5.75 Å². The average Bonchev–Trinajstić information content (AvgIpc) is 2.95. The molecule has 104 valence electrons. The molecule has 3 aromatic rings. The fourth-order valence-electron chi connectivity index (χ4n) is 3.24. The number of para-hydroxylation sites is 1. The molecular formula is C18H15NO2. The fraction of sp³-hybridized carbons (Fsp3) is 0.167. The van der Waals surface area contributed by atoms with Crippen molar-refractivity contribution in [3.63, 3.8) is 0 Å². The number of aryl methyl sites for hydroxylation is 2. The molecule has 0 radical (unpaired) electrons. The Balaban J connectivity index is 1.98. The first-order chi connectivity index (χ1) is 10.3. The molecule has 4 rings (SSSR count). The zero-order valence-electron chi connectivity index (χ0n) is 11.5. The monoisotopic (exact) mass is 277 g/mol. The van der Waals surface area contributed by atoms with Gasteiger partial charge in [-0.2, -0.15) is 0 Å². The molecule has 21 heavy (non-hydrogen) atoms. The lowest BCUT2D eigenvalue weighted by Gasteiger charge is -2.11. The molecule has 1 N–H and O–H groups in total. The van der Waals surface area contributed by atoms with E-state index in [0.29, 0.717) is 18.5 Å². The highest BCUT2D eigenvalue weighted by atomic mass is 16.3. The van der Waals surface area contributed by atoms with Crippen LogP contribution in [0.3, 0.4) is 0 Å². The second-order valence-electron chi connectivity index (χ2n) is 5.51. The van der Waals surface area contributed by atoms with Crippen molar-refractivity contribution >= 4 is 10.9 Å². The number of hydrogen-bond donors (Lipinski definition) is 1. The summed E-state index contributed by atoms with van der Waals surface area (Å²) in [5.74, 6) is 0.138. The Morgan fingerprint density at radius 3 is 2.67 bits per heavy atom. The van der Waals surface area contributed by atoms with Gasteiger partial charge in [0.25, 0.3) is 5.56 Å². The summed E-state index contributed by atoms with van der Waals surface area (Å²) < 4.78 is 1.81. The molecule has 1 aliphatic rings. The van der Waals surface area contributed by atoms with Gasteiger partial charge in [-0.1, -0.05) is 42.5 Å². The number of aromatic nitrogens is 1. The minimum Gasteiger partial charge on any atom is -0.507 e. The van der Waals surface area contributed by atoms with E-state index < -0.39 is 0 Å². The maximum atomic E-state index is 12.7. The lowest BCUT2D eigenvalue weighted by molar-refractivity contribution is 0.472. The Morgan fingerprint density at radius 1 is 1.05 bits per heavy atom. The van der Waals surface area contributed by atoms with Crippen molar-refractivity contribution in [1.29, 1.82) is 0 Å². The third-order valence-electron chi connectivity index (χ3n) is 4.26. The SMILES string of the molecule is O=c1c(Cc2ccccc2)c(O)c2cccc3c2n1CC3. The zero-order valence-corrected chi connectivity index (χ0v) is 11.5. The third-order valence-corrected chi connectivity index (χ3v) is 4.26. The highest BCUT2D eigenvalue weighted by molar-refractivity contribution is 5.89. The quantitative estimate of drug-likeness (QED) is 0.782. The Bertz CT molecular complexity index is 894. The van der Waals surface area contributed by atoms with E-state index in [1.165, 1.54) is 0 Å². The first-order valence-electron chi connectivity index (χ1n) is 7.16. The van der Waals surface area contributed by atoms with Gasteiger partial charge in [-0.25, -0.2) is 0 Å². The highest BCUT2D eigenvalue weighted by Crippen LogP contribution is 2.32. The summed E-state index contributed by atoms with van der Waals surface area (Å²) in [6.07, 6.45) is 1.33. The Labute approximate surface area is 122 Å². The van der Waals surface area contributed by atoms with E-state index in [4.69, 9.17) is 0 Å². The number of hydrogen-bond acceptors (Lipinski definition) is 2. The van der Waals surface area contributed by atoms with Crippen molar-refractivity contribution in [2.75, 3.05) is 0 Å². The molecule has 0 saturated carbocycles. The van der Waals surface area contributed by atoms with E-state index >= 15 is 0 Å². The molecule has 1 aromatic heterocycles. The van der Waals surface area contributed by atoms with Crippen LogP contribution in [0.25, 0.3) is 10.9 Å². The predicted octanol–water partition coefficient (Wildman–Crippen LogP) is 2.85. The Hall–Kier alpha value is -2.55. The van der Waals surface area contributed by atoms with Gasteiger partial charge >= 0.3 is 0 Å². The molecule has 3 heteroatoms. The van der Waals surface area contributed by atoms with Gasteiger partial charge in [-0.05, 0) is 23.6 Å². The molecule has 2 heterocycles. The molecule has 0 bridgehead atoms. The first-order valence-corrected chi connectivity index (χ1v) is 7.16. The maximum Gasteiger partial charge on any atom is 0.258 e. The molecule has 3 nitrogen and oxygen atoms in total. The van der Waals surface area contributed by atoms with Crippen LogP contribution >= 0.6 is 0 Å². The van der Waals surface area contributed by atoms with Crippen molar-refractivity contribution in [1.82, 2.24) is 4.57 Å². The summed E-state index contributed by atoms with van der Waals surface area (Å²) in [5, 5.41) is 11.3. The second kappa shape index (κ2) is 4.48. The van der Waals surface area contributed by atoms with Crippen LogP contribution < -0.4 is 5.56 Å². The predicted molar refractivity (Wildman–Crippen MR) is 82.8 cm³/mol. The molecule has 0 unspecified atom stereocenters. The van der Waals surface area contributed by atoms with Crippen LogP contribution in [0.15, 0.2) is 53.3 Å². The molecule has 0 spiro atoms. The minimum absolute atomic E-state index is 0.0613. The number of aromatic hydroxyl groups is 1. The summed E-state index contributed by atoms with van der Waals surface area (Å²) in [6, 6.07) is 15.7. The van der Waals surface area contributed by atoms with Gasteiger partial charge in [0.05, 0.1) is 11.1 Å². The van der Waals surface area contributed by atoms with Crippen molar-refractivity contribution in [3.05, 3.63) is 75.6 Å². The van der Waals surface area contributed by atoms with Crippen LogP contribution in [0.5, 0.6) is 5.75 Å². The smallest absolute Gasteiger partial charge is 0.258 e. The van der Waals surface area contributed by atoms with Crippen LogP contribution in [0, 0.1) is 0 Å². The van der Waals surface area contributed by atoms with E-state index in [1.54, 1.807) is 0 Å². The molecule has 2 aromatic carbocycles. The summed E-state index contributed by atoms with van der Waals surface area (Å²) in [6.45, 7) is 0.705. The van der Waals surface area contributed by atoms with E-state index in [9.17, 15) is 9.90 Å². The molecular weight excluding hydrogens is 262 g/mol. The van der Waals surface area contributed by atoms with Crippen molar-refractivity contribution < 1.29 is 5.11 Å². The lowest BCUT2D eigenvalue weighted by Crippen LogP contribution is -2.22. The molecule has 0 fully saturated rings.